The van der Waals surface area contributed by atoms with Crippen LogP contribution >= 0.6 is 0 Å². The second-order valence-corrected chi connectivity index (χ2v) is 3.92. The van der Waals surface area contributed by atoms with E-state index < -0.39 is 5.97 Å². The molecular formula is C13H13N3O2. The maximum Gasteiger partial charge on any atom is 0.337 e. The molecule has 0 amide bonds. The van der Waals surface area contributed by atoms with Crippen molar-refractivity contribution in [2.24, 2.45) is 0 Å². The van der Waals surface area contributed by atoms with Gasteiger partial charge >= 0.3 is 5.97 Å². The largest absolute Gasteiger partial charge is 0.478 e. The smallest absolute Gasteiger partial charge is 0.337 e. The predicted molar refractivity (Wildman–Crippen MR) is 70.1 cm³/mol. The number of carboxylic acid groups (broad SMARTS) is 1. The maximum absolute atomic E-state index is 10.9. The summed E-state index contributed by atoms with van der Waals surface area (Å²) in [6, 6.07) is 9.03. The minimum atomic E-state index is -1.07. The van der Waals surface area contributed by atoms with Crippen LogP contribution < -0.4 is 11.1 Å². The van der Waals surface area contributed by atoms with Crippen LogP contribution in [0, 0.1) is 6.92 Å². The van der Waals surface area contributed by atoms with Crippen LogP contribution in [0.3, 0.4) is 0 Å². The molecule has 92 valence electrons. The third-order valence-electron chi connectivity index (χ3n) is 2.50. The summed E-state index contributed by atoms with van der Waals surface area (Å²) in [5.41, 5.74) is 7.84. The van der Waals surface area contributed by atoms with Crippen LogP contribution in [0.2, 0.25) is 0 Å². The number of nitrogens with one attached hydrogen (secondary N) is 1. The van der Waals surface area contributed by atoms with Crippen LogP contribution in [0.4, 0.5) is 17.2 Å². The van der Waals surface area contributed by atoms with Crippen molar-refractivity contribution in [3.8, 4) is 0 Å². The van der Waals surface area contributed by atoms with Gasteiger partial charge in [-0.1, -0.05) is 12.1 Å². The number of nitrogens with zero attached hydrogens (tertiary/aromatic N) is 1. The summed E-state index contributed by atoms with van der Waals surface area (Å²) in [6.45, 7) is 1.97. The molecule has 5 nitrogen and oxygen atoms in total. The molecule has 0 radical (unpaired) electrons. The third-order valence-corrected chi connectivity index (χ3v) is 2.50. The van der Waals surface area contributed by atoms with Crippen molar-refractivity contribution >= 4 is 23.2 Å². The molecule has 0 aliphatic rings. The molecule has 0 fully saturated rings. The van der Waals surface area contributed by atoms with Gasteiger partial charge in [-0.05, 0) is 30.7 Å². The number of rotatable bonds is 3. The van der Waals surface area contributed by atoms with Gasteiger partial charge in [-0.2, -0.15) is 0 Å². The summed E-state index contributed by atoms with van der Waals surface area (Å²) < 4.78 is 0. The molecule has 0 saturated carbocycles. The van der Waals surface area contributed by atoms with Gasteiger partial charge < -0.3 is 16.2 Å². The van der Waals surface area contributed by atoms with Gasteiger partial charge in [0.15, 0.2) is 5.82 Å². The van der Waals surface area contributed by atoms with Crippen LogP contribution in [0.25, 0.3) is 0 Å². The standard InChI is InChI=1S/C13H13N3O2/c1-8-3-2-4-9(7-8)16-12-11(14)10(13(17)18)5-6-15-12/h2-7H,14H2,1H3,(H,15,16)(H,17,18). The van der Waals surface area contributed by atoms with Gasteiger partial charge in [0.25, 0.3) is 0 Å². The third kappa shape index (κ3) is 2.40. The van der Waals surface area contributed by atoms with Gasteiger partial charge in [-0.25, -0.2) is 9.78 Å². The number of benzene rings is 1. The fraction of sp³-hybridized carbons (Fsp3) is 0.0769. The summed E-state index contributed by atoms with van der Waals surface area (Å²) >= 11 is 0. The Balaban J connectivity index is 2.35. The highest BCUT2D eigenvalue weighted by Gasteiger charge is 2.12. The van der Waals surface area contributed by atoms with Crippen LogP contribution in [0.1, 0.15) is 15.9 Å². The molecule has 1 aromatic carbocycles. The van der Waals surface area contributed by atoms with Crippen molar-refractivity contribution in [3.63, 3.8) is 0 Å². The number of anilines is 3. The van der Waals surface area contributed by atoms with Crippen molar-refractivity contribution < 1.29 is 9.90 Å². The first-order chi connectivity index (χ1) is 8.58. The van der Waals surface area contributed by atoms with Gasteiger partial charge in [0, 0.05) is 11.9 Å². The zero-order chi connectivity index (χ0) is 13.1. The first-order valence-corrected chi connectivity index (χ1v) is 5.39. The van der Waals surface area contributed by atoms with Crippen molar-refractivity contribution in [1.82, 2.24) is 4.98 Å². The molecule has 1 aromatic heterocycles. The van der Waals surface area contributed by atoms with Crippen LogP contribution in [-0.2, 0) is 0 Å². The summed E-state index contributed by atoms with van der Waals surface area (Å²) in [7, 11) is 0. The van der Waals surface area contributed by atoms with E-state index in [1.54, 1.807) is 0 Å². The topological polar surface area (TPSA) is 88.2 Å². The molecule has 0 atom stereocenters. The van der Waals surface area contributed by atoms with Crippen LogP contribution in [-0.4, -0.2) is 16.1 Å². The lowest BCUT2D eigenvalue weighted by Crippen LogP contribution is -2.07. The highest BCUT2D eigenvalue weighted by molar-refractivity contribution is 5.96. The summed E-state index contributed by atoms with van der Waals surface area (Å²) in [4.78, 5) is 15.0. The molecule has 5 heteroatoms. The molecule has 18 heavy (non-hydrogen) atoms. The van der Waals surface area contributed by atoms with E-state index in [-0.39, 0.29) is 11.3 Å². The molecule has 0 spiro atoms. The lowest BCUT2D eigenvalue weighted by molar-refractivity contribution is 0.0698. The molecule has 0 bridgehead atoms. The zero-order valence-corrected chi connectivity index (χ0v) is 9.84. The highest BCUT2D eigenvalue weighted by Crippen LogP contribution is 2.24. The Morgan fingerprint density at radius 1 is 1.39 bits per heavy atom. The van der Waals surface area contributed by atoms with E-state index in [1.165, 1.54) is 12.3 Å². The van der Waals surface area contributed by atoms with Crippen LogP contribution in [0.15, 0.2) is 36.5 Å². The van der Waals surface area contributed by atoms with Gasteiger partial charge in [0.1, 0.15) is 0 Å². The number of nitrogen functional groups attached to an aromatic ring is 1. The van der Waals surface area contributed by atoms with Crippen LogP contribution in [0.5, 0.6) is 0 Å². The van der Waals surface area contributed by atoms with Gasteiger partial charge in [-0.15, -0.1) is 0 Å². The van der Waals surface area contributed by atoms with E-state index >= 15 is 0 Å². The highest BCUT2D eigenvalue weighted by atomic mass is 16.4. The quantitative estimate of drug-likeness (QED) is 0.770. The van der Waals surface area contributed by atoms with Gasteiger partial charge in [0.2, 0.25) is 0 Å². The van der Waals surface area contributed by atoms with E-state index in [1.807, 2.05) is 31.2 Å². The lowest BCUT2D eigenvalue weighted by atomic mass is 10.2. The molecule has 0 aliphatic carbocycles. The SMILES string of the molecule is Cc1cccc(Nc2nccc(C(=O)O)c2N)c1. The average Bonchev–Trinajstić information content (AvgIpc) is 2.31. The molecule has 0 aliphatic heterocycles. The van der Waals surface area contributed by atoms with Crippen molar-refractivity contribution in [1.29, 1.82) is 0 Å². The van der Waals surface area contributed by atoms with Crippen molar-refractivity contribution in [3.05, 3.63) is 47.7 Å². The number of aromatic nitrogens is 1. The van der Waals surface area contributed by atoms with E-state index in [4.69, 9.17) is 10.8 Å². The number of aryl methyl sites for hydroxylation is 1. The Morgan fingerprint density at radius 2 is 2.17 bits per heavy atom. The molecule has 2 rings (SSSR count). The number of carboxylic acids is 1. The molecule has 4 N–H and O–H groups in total. The Bertz CT molecular complexity index is 597. The van der Waals surface area contributed by atoms with Crippen molar-refractivity contribution in [2.45, 2.75) is 6.92 Å². The Hall–Kier alpha value is -2.56. The van der Waals surface area contributed by atoms with E-state index in [9.17, 15) is 4.79 Å². The predicted octanol–water partition coefficient (Wildman–Crippen LogP) is 2.41. The van der Waals surface area contributed by atoms with E-state index in [0.29, 0.717) is 5.82 Å². The zero-order valence-electron chi connectivity index (χ0n) is 9.84. The Kier molecular flexibility index (Phi) is 3.14. The number of hydrogen-bond donors (Lipinski definition) is 3. The minimum absolute atomic E-state index is 0.0418. The Morgan fingerprint density at radius 3 is 2.83 bits per heavy atom. The molecular weight excluding hydrogens is 230 g/mol. The molecule has 1 heterocycles. The summed E-state index contributed by atoms with van der Waals surface area (Å²) in [5.74, 6) is -0.720. The second kappa shape index (κ2) is 4.75. The van der Waals surface area contributed by atoms with E-state index in [2.05, 4.69) is 10.3 Å². The average molecular weight is 243 g/mol. The number of carbonyl (C=O) groups is 1. The fourth-order valence-corrected chi connectivity index (χ4v) is 1.62. The van der Waals surface area contributed by atoms with E-state index in [0.717, 1.165) is 11.3 Å². The number of pyridine rings is 1. The van der Waals surface area contributed by atoms with Gasteiger partial charge in [-0.3, -0.25) is 0 Å². The van der Waals surface area contributed by atoms with Crippen molar-refractivity contribution in [2.75, 3.05) is 11.1 Å². The molecule has 0 saturated heterocycles. The monoisotopic (exact) mass is 243 g/mol. The fourth-order valence-electron chi connectivity index (χ4n) is 1.62. The number of nitrogens with two attached hydrogens (primary N) is 1. The maximum atomic E-state index is 10.9. The minimum Gasteiger partial charge on any atom is -0.478 e. The Labute approximate surface area is 104 Å². The molecule has 0 unspecified atom stereocenters. The number of hydrogen-bond acceptors (Lipinski definition) is 4. The second-order valence-electron chi connectivity index (χ2n) is 3.92. The first-order valence-electron chi connectivity index (χ1n) is 5.39. The normalized spacial score (nSPS) is 10.1. The summed E-state index contributed by atoms with van der Waals surface area (Å²) in [6.07, 6.45) is 1.41. The lowest BCUT2D eigenvalue weighted by Gasteiger charge is -2.10. The number of aromatic carboxylic acids is 1. The summed E-state index contributed by atoms with van der Waals surface area (Å²) in [5, 5.41) is 12.0. The first kappa shape index (κ1) is 11.9. The van der Waals surface area contributed by atoms with Gasteiger partial charge in [0.05, 0.1) is 11.3 Å². The molecule has 2 aromatic rings.